The fourth-order valence-electron chi connectivity index (χ4n) is 2.38. The van der Waals surface area contributed by atoms with Gasteiger partial charge in [-0.05, 0) is 42.3 Å². The van der Waals surface area contributed by atoms with Crippen LogP contribution in [0.1, 0.15) is 31.9 Å². The van der Waals surface area contributed by atoms with Crippen LogP contribution >= 0.6 is 0 Å². The third kappa shape index (κ3) is 4.83. The molecule has 1 N–H and O–H groups in total. The molecule has 0 saturated carbocycles. The van der Waals surface area contributed by atoms with Gasteiger partial charge in [-0.2, -0.15) is 0 Å². The Morgan fingerprint density at radius 1 is 1.04 bits per heavy atom. The molecule has 23 heavy (non-hydrogen) atoms. The molecule has 0 bridgehead atoms. The predicted octanol–water partition coefficient (Wildman–Crippen LogP) is 5.37. The van der Waals surface area contributed by atoms with Crippen molar-refractivity contribution < 1.29 is 8.82 Å². The lowest BCUT2D eigenvalue weighted by Crippen LogP contribution is -2.19. The van der Waals surface area contributed by atoms with Crippen molar-refractivity contribution in [1.29, 1.82) is 0 Å². The summed E-state index contributed by atoms with van der Waals surface area (Å²) in [6, 6.07) is 12.8. The summed E-state index contributed by atoms with van der Waals surface area (Å²) in [5.74, 6) is 0.734. The van der Waals surface area contributed by atoms with Crippen molar-refractivity contribution in [2.24, 2.45) is 0 Å². The first-order valence-electron chi connectivity index (χ1n) is 7.87. The largest absolute Gasteiger partial charge is 0.541 e. The van der Waals surface area contributed by atoms with Gasteiger partial charge in [-0.3, -0.25) is 0 Å². The number of hydrogen-bond acceptors (Lipinski definition) is 2. The Morgan fingerprint density at radius 2 is 1.70 bits per heavy atom. The third-order valence-electron chi connectivity index (χ3n) is 3.53. The fraction of sp³-hybridized carbons (Fsp3) is 0.368. The highest BCUT2D eigenvalue weighted by molar-refractivity contribution is 6.49. The Bertz CT molecular complexity index is 647. The molecule has 0 fully saturated rings. The monoisotopic (exact) mass is 330 g/mol. The van der Waals surface area contributed by atoms with Gasteiger partial charge in [-0.15, -0.1) is 0 Å². The van der Waals surface area contributed by atoms with Gasteiger partial charge in [0.2, 0.25) is 0 Å². The third-order valence-corrected chi connectivity index (χ3v) is 4.14. The molecule has 1 radical (unpaired) electrons. The highest BCUT2D eigenvalue weighted by atomic mass is 28.3. The SMILES string of the molecule is C[Si](C)Oc1c(NCc2ccc(F)cc2)cccc1C(C)(C)C. The minimum absolute atomic E-state index is 0.0141. The van der Waals surface area contributed by atoms with Gasteiger partial charge in [-0.1, -0.05) is 45.0 Å². The maximum atomic E-state index is 13.0. The molecule has 2 aromatic rings. The van der Waals surface area contributed by atoms with Crippen LogP contribution in [-0.4, -0.2) is 9.04 Å². The van der Waals surface area contributed by atoms with Gasteiger partial charge in [0, 0.05) is 12.1 Å². The van der Waals surface area contributed by atoms with E-state index in [-0.39, 0.29) is 11.2 Å². The average Bonchev–Trinajstić information content (AvgIpc) is 2.46. The Labute approximate surface area is 140 Å². The van der Waals surface area contributed by atoms with Crippen LogP contribution in [0.15, 0.2) is 42.5 Å². The van der Waals surface area contributed by atoms with Crippen molar-refractivity contribution in [1.82, 2.24) is 0 Å². The van der Waals surface area contributed by atoms with E-state index in [2.05, 4.69) is 51.3 Å². The number of para-hydroxylation sites is 1. The van der Waals surface area contributed by atoms with E-state index in [9.17, 15) is 4.39 Å². The van der Waals surface area contributed by atoms with E-state index in [1.54, 1.807) is 12.1 Å². The second kappa shape index (κ2) is 7.17. The molecule has 0 aliphatic rings. The minimum atomic E-state index is -0.868. The number of anilines is 1. The quantitative estimate of drug-likeness (QED) is 0.745. The number of benzene rings is 2. The van der Waals surface area contributed by atoms with Crippen LogP contribution in [-0.2, 0) is 12.0 Å². The molecule has 0 saturated heterocycles. The summed E-state index contributed by atoms with van der Waals surface area (Å²) in [6.07, 6.45) is 0. The molecule has 0 aliphatic carbocycles. The van der Waals surface area contributed by atoms with Crippen LogP contribution in [0.4, 0.5) is 10.1 Å². The van der Waals surface area contributed by atoms with E-state index in [1.807, 2.05) is 6.07 Å². The molecule has 0 aliphatic heterocycles. The summed E-state index contributed by atoms with van der Waals surface area (Å²) >= 11 is 0. The van der Waals surface area contributed by atoms with Gasteiger partial charge in [0.05, 0.1) is 5.69 Å². The Hall–Kier alpha value is -1.81. The Balaban J connectivity index is 2.28. The van der Waals surface area contributed by atoms with Gasteiger partial charge >= 0.3 is 0 Å². The van der Waals surface area contributed by atoms with Gasteiger partial charge in [0.25, 0.3) is 9.04 Å². The molecule has 0 aromatic heterocycles. The van der Waals surface area contributed by atoms with Crippen molar-refractivity contribution in [3.8, 4) is 5.75 Å². The van der Waals surface area contributed by atoms with Gasteiger partial charge in [-0.25, -0.2) is 4.39 Å². The smallest absolute Gasteiger partial charge is 0.274 e. The Morgan fingerprint density at radius 3 is 2.26 bits per heavy atom. The predicted molar refractivity (Wildman–Crippen MR) is 97.0 cm³/mol. The molecule has 2 rings (SSSR count). The zero-order chi connectivity index (χ0) is 17.0. The van der Waals surface area contributed by atoms with Crippen LogP contribution in [0.5, 0.6) is 5.75 Å². The average molecular weight is 330 g/mol. The summed E-state index contributed by atoms with van der Waals surface area (Å²) in [7, 11) is -0.868. The molecule has 0 unspecified atom stereocenters. The summed E-state index contributed by atoms with van der Waals surface area (Å²) in [5.41, 5.74) is 3.25. The Kier molecular flexibility index (Phi) is 5.47. The fourth-order valence-corrected chi connectivity index (χ4v) is 3.01. The van der Waals surface area contributed by atoms with Crippen LogP contribution in [0.25, 0.3) is 0 Å². The molecule has 4 heteroatoms. The molecule has 0 atom stereocenters. The van der Waals surface area contributed by atoms with Gasteiger partial charge in [0.1, 0.15) is 11.6 Å². The molecular weight excluding hydrogens is 305 g/mol. The van der Waals surface area contributed by atoms with Crippen molar-refractivity contribution >= 4 is 14.7 Å². The number of rotatable bonds is 5. The first-order valence-corrected chi connectivity index (χ1v) is 10.3. The van der Waals surface area contributed by atoms with Crippen molar-refractivity contribution in [2.45, 2.75) is 45.8 Å². The summed E-state index contributed by atoms with van der Waals surface area (Å²) in [6.45, 7) is 11.5. The highest BCUT2D eigenvalue weighted by Crippen LogP contribution is 2.37. The number of hydrogen-bond donors (Lipinski definition) is 1. The van der Waals surface area contributed by atoms with Crippen molar-refractivity contribution in [2.75, 3.05) is 5.32 Å². The molecule has 2 aromatic carbocycles. The van der Waals surface area contributed by atoms with Gasteiger partial charge < -0.3 is 9.74 Å². The molecule has 123 valence electrons. The molecule has 0 heterocycles. The van der Waals surface area contributed by atoms with Crippen molar-refractivity contribution in [3.63, 3.8) is 0 Å². The summed E-state index contributed by atoms with van der Waals surface area (Å²) in [5, 5.41) is 3.44. The van der Waals surface area contributed by atoms with Gasteiger partial charge in [0.15, 0.2) is 0 Å². The van der Waals surface area contributed by atoms with E-state index in [0.29, 0.717) is 6.54 Å². The molecular formula is C19H25FNOSi. The zero-order valence-electron chi connectivity index (χ0n) is 14.5. The molecule has 0 amide bonds. The van der Waals surface area contributed by atoms with E-state index in [4.69, 9.17) is 4.43 Å². The lowest BCUT2D eigenvalue weighted by atomic mass is 9.86. The second-order valence-corrected chi connectivity index (χ2v) is 8.94. The maximum absolute atomic E-state index is 13.0. The highest BCUT2D eigenvalue weighted by Gasteiger charge is 2.22. The first kappa shape index (κ1) is 17.5. The number of nitrogens with one attached hydrogen (secondary N) is 1. The maximum Gasteiger partial charge on any atom is 0.274 e. The first-order chi connectivity index (χ1) is 10.8. The minimum Gasteiger partial charge on any atom is -0.541 e. The zero-order valence-corrected chi connectivity index (χ0v) is 15.5. The van der Waals surface area contributed by atoms with Crippen molar-refractivity contribution in [3.05, 3.63) is 59.4 Å². The van der Waals surface area contributed by atoms with E-state index in [0.717, 1.165) is 17.0 Å². The number of halogens is 1. The van der Waals surface area contributed by atoms with Crippen LogP contribution in [0.3, 0.4) is 0 Å². The van der Waals surface area contributed by atoms with E-state index in [1.165, 1.54) is 17.7 Å². The van der Waals surface area contributed by atoms with Crippen LogP contribution < -0.4 is 9.74 Å². The lowest BCUT2D eigenvalue weighted by molar-refractivity contribution is 0.522. The van der Waals surface area contributed by atoms with Crippen LogP contribution in [0.2, 0.25) is 13.1 Å². The molecule has 2 nitrogen and oxygen atoms in total. The standard InChI is InChI=1S/C19H25FNOSi/c1-19(2,3)16-7-6-8-17(18(16)22-23(4)5)21-13-14-9-11-15(20)12-10-14/h6-12,21H,13H2,1-5H3. The lowest BCUT2D eigenvalue weighted by Gasteiger charge is -2.26. The summed E-state index contributed by atoms with van der Waals surface area (Å²) in [4.78, 5) is 0. The normalized spacial score (nSPS) is 11.6. The topological polar surface area (TPSA) is 21.3 Å². The summed E-state index contributed by atoms with van der Waals surface area (Å²) < 4.78 is 19.2. The van der Waals surface area contributed by atoms with E-state index >= 15 is 0 Å². The second-order valence-electron chi connectivity index (χ2n) is 6.92. The molecule has 0 spiro atoms. The van der Waals surface area contributed by atoms with Crippen LogP contribution in [0, 0.1) is 5.82 Å². The van der Waals surface area contributed by atoms with E-state index < -0.39 is 9.04 Å².